The van der Waals surface area contributed by atoms with E-state index in [1.165, 1.54) is 16.7 Å². The van der Waals surface area contributed by atoms with Crippen LogP contribution in [0, 0.1) is 0 Å². The molecule has 21 heavy (non-hydrogen) atoms. The van der Waals surface area contributed by atoms with Crippen molar-refractivity contribution in [3.05, 3.63) is 77.9 Å². The van der Waals surface area contributed by atoms with E-state index in [1.54, 1.807) is 6.07 Å². The second-order valence-corrected chi connectivity index (χ2v) is 5.77. The van der Waals surface area contributed by atoms with Gasteiger partial charge in [0.2, 0.25) is 0 Å². The van der Waals surface area contributed by atoms with Crippen LogP contribution in [-0.2, 0) is 6.42 Å². The molecule has 0 heterocycles. The summed E-state index contributed by atoms with van der Waals surface area (Å²) in [4.78, 5) is 2.35. The van der Waals surface area contributed by atoms with Crippen molar-refractivity contribution in [1.82, 2.24) is 4.90 Å². The summed E-state index contributed by atoms with van der Waals surface area (Å²) >= 11 is 0. The lowest BCUT2D eigenvalue weighted by atomic mass is 9.89. The first kappa shape index (κ1) is 13.9. The van der Waals surface area contributed by atoms with E-state index in [9.17, 15) is 5.11 Å². The van der Waals surface area contributed by atoms with Crippen molar-refractivity contribution in [2.24, 2.45) is 0 Å². The first-order valence-electron chi connectivity index (χ1n) is 7.38. The number of hydrogen-bond donors (Lipinski definition) is 1. The molecular formula is C19H21NO. The summed E-state index contributed by atoms with van der Waals surface area (Å²) in [5.41, 5.74) is 3.90. The molecule has 2 heteroatoms. The summed E-state index contributed by atoms with van der Waals surface area (Å²) in [5, 5.41) is 9.86. The highest BCUT2D eigenvalue weighted by atomic mass is 16.3. The van der Waals surface area contributed by atoms with E-state index in [-0.39, 0.29) is 0 Å². The number of fused-ring (bicyclic) bond motifs is 1. The summed E-state index contributed by atoms with van der Waals surface area (Å²) in [5.74, 6) is 0.653. The molecule has 2 aromatic rings. The zero-order valence-corrected chi connectivity index (χ0v) is 12.4. The van der Waals surface area contributed by atoms with Crippen LogP contribution in [0.5, 0.6) is 5.75 Å². The summed E-state index contributed by atoms with van der Waals surface area (Å²) < 4.78 is 0. The van der Waals surface area contributed by atoms with Gasteiger partial charge < -0.3 is 5.11 Å². The van der Waals surface area contributed by atoms with E-state index in [1.807, 2.05) is 18.2 Å². The smallest absolute Gasteiger partial charge is 0.115 e. The second kappa shape index (κ2) is 5.74. The summed E-state index contributed by atoms with van der Waals surface area (Å²) in [7, 11) is 2.15. The van der Waals surface area contributed by atoms with Crippen LogP contribution in [0.25, 0.3) is 0 Å². The highest BCUT2D eigenvalue weighted by molar-refractivity contribution is 5.48. The Morgan fingerprint density at radius 3 is 2.71 bits per heavy atom. The molecule has 2 atom stereocenters. The zero-order valence-electron chi connectivity index (χ0n) is 12.4. The molecule has 0 saturated carbocycles. The SMILES string of the molecule is C=CCN(C)[C@H]1Cc2ccc(O)cc2[C@@H]1c1ccccc1. The number of hydrogen-bond acceptors (Lipinski definition) is 2. The van der Waals surface area contributed by atoms with Gasteiger partial charge in [0.1, 0.15) is 5.75 Å². The van der Waals surface area contributed by atoms with Crippen LogP contribution in [0.3, 0.4) is 0 Å². The van der Waals surface area contributed by atoms with Crippen LogP contribution in [-0.4, -0.2) is 29.6 Å². The van der Waals surface area contributed by atoms with Crippen LogP contribution in [0.2, 0.25) is 0 Å². The third-order valence-electron chi connectivity index (χ3n) is 4.42. The molecule has 0 fully saturated rings. The average Bonchev–Trinajstić information content (AvgIpc) is 2.87. The van der Waals surface area contributed by atoms with E-state index in [0.29, 0.717) is 17.7 Å². The van der Waals surface area contributed by atoms with E-state index in [4.69, 9.17) is 0 Å². The molecule has 1 aliphatic rings. The van der Waals surface area contributed by atoms with Gasteiger partial charge in [0.15, 0.2) is 0 Å². The lowest BCUT2D eigenvalue weighted by molar-refractivity contribution is 0.256. The first-order chi connectivity index (χ1) is 10.2. The molecule has 0 spiro atoms. The minimum absolute atomic E-state index is 0.304. The van der Waals surface area contributed by atoms with Crippen molar-refractivity contribution in [3.63, 3.8) is 0 Å². The summed E-state index contributed by atoms with van der Waals surface area (Å²) in [6, 6.07) is 16.7. The van der Waals surface area contributed by atoms with E-state index < -0.39 is 0 Å². The minimum Gasteiger partial charge on any atom is -0.508 e. The molecule has 108 valence electrons. The molecule has 0 saturated heterocycles. The molecule has 2 aromatic carbocycles. The number of phenols is 1. The highest BCUT2D eigenvalue weighted by Gasteiger charge is 2.35. The van der Waals surface area contributed by atoms with Crippen LogP contribution in [0.1, 0.15) is 22.6 Å². The highest BCUT2D eigenvalue weighted by Crippen LogP contribution is 2.41. The van der Waals surface area contributed by atoms with Crippen molar-refractivity contribution >= 4 is 0 Å². The largest absolute Gasteiger partial charge is 0.508 e. The summed E-state index contributed by atoms with van der Waals surface area (Å²) in [6.45, 7) is 4.72. The predicted octanol–water partition coefficient (Wildman–Crippen LogP) is 3.57. The van der Waals surface area contributed by atoms with E-state index in [2.05, 4.69) is 48.9 Å². The van der Waals surface area contributed by atoms with Gasteiger partial charge in [-0.3, -0.25) is 4.90 Å². The van der Waals surface area contributed by atoms with Crippen molar-refractivity contribution in [2.75, 3.05) is 13.6 Å². The van der Waals surface area contributed by atoms with Gasteiger partial charge in [0.25, 0.3) is 0 Å². The number of benzene rings is 2. The number of aromatic hydroxyl groups is 1. The predicted molar refractivity (Wildman–Crippen MR) is 86.7 cm³/mol. The Morgan fingerprint density at radius 1 is 1.24 bits per heavy atom. The number of likely N-dealkylation sites (N-methyl/N-ethyl adjacent to an activating group) is 1. The third-order valence-corrected chi connectivity index (χ3v) is 4.42. The average molecular weight is 279 g/mol. The van der Waals surface area contributed by atoms with Gasteiger partial charge in [-0.25, -0.2) is 0 Å². The fourth-order valence-electron chi connectivity index (χ4n) is 3.42. The third kappa shape index (κ3) is 2.59. The van der Waals surface area contributed by atoms with Crippen LogP contribution in [0.4, 0.5) is 0 Å². The maximum atomic E-state index is 9.86. The Balaban J connectivity index is 2.05. The van der Waals surface area contributed by atoms with Crippen molar-refractivity contribution in [3.8, 4) is 5.75 Å². The standard InChI is InChI=1S/C19H21NO/c1-3-11-20(2)18-12-15-9-10-16(21)13-17(15)19(18)14-7-5-4-6-8-14/h3-10,13,18-19,21H,1,11-12H2,2H3/t18-,19-/m0/s1. The Hall–Kier alpha value is -2.06. The molecule has 0 aromatic heterocycles. The van der Waals surface area contributed by atoms with Crippen LogP contribution >= 0.6 is 0 Å². The van der Waals surface area contributed by atoms with Crippen molar-refractivity contribution < 1.29 is 5.11 Å². The monoisotopic (exact) mass is 279 g/mol. The molecule has 0 amide bonds. The number of phenolic OH excluding ortho intramolecular Hbond substituents is 1. The Morgan fingerprint density at radius 2 is 2.00 bits per heavy atom. The fraction of sp³-hybridized carbons (Fsp3) is 0.263. The topological polar surface area (TPSA) is 23.5 Å². The molecule has 1 aliphatic carbocycles. The maximum absolute atomic E-state index is 9.86. The van der Waals surface area contributed by atoms with Crippen molar-refractivity contribution in [1.29, 1.82) is 0 Å². The van der Waals surface area contributed by atoms with Gasteiger partial charge in [0, 0.05) is 18.5 Å². The molecular weight excluding hydrogens is 258 g/mol. The first-order valence-corrected chi connectivity index (χ1v) is 7.38. The molecule has 0 aliphatic heterocycles. The molecule has 0 radical (unpaired) electrons. The van der Waals surface area contributed by atoms with Crippen LogP contribution in [0.15, 0.2) is 61.2 Å². The molecule has 2 nitrogen and oxygen atoms in total. The van der Waals surface area contributed by atoms with E-state index >= 15 is 0 Å². The van der Waals surface area contributed by atoms with Gasteiger partial charge in [-0.2, -0.15) is 0 Å². The maximum Gasteiger partial charge on any atom is 0.115 e. The zero-order chi connectivity index (χ0) is 14.8. The minimum atomic E-state index is 0.304. The number of nitrogens with zero attached hydrogens (tertiary/aromatic N) is 1. The lowest BCUT2D eigenvalue weighted by Crippen LogP contribution is -2.35. The van der Waals surface area contributed by atoms with Gasteiger partial charge in [-0.05, 0) is 42.3 Å². The van der Waals surface area contributed by atoms with Gasteiger partial charge in [-0.1, -0.05) is 42.5 Å². The van der Waals surface area contributed by atoms with Crippen LogP contribution < -0.4 is 0 Å². The Bertz CT molecular complexity index is 635. The molecule has 0 bridgehead atoms. The quantitative estimate of drug-likeness (QED) is 0.865. The van der Waals surface area contributed by atoms with Crippen molar-refractivity contribution in [2.45, 2.75) is 18.4 Å². The Labute approximate surface area is 126 Å². The molecule has 3 rings (SSSR count). The number of rotatable bonds is 4. The molecule has 0 unspecified atom stereocenters. The summed E-state index contributed by atoms with van der Waals surface area (Å²) in [6.07, 6.45) is 2.96. The lowest BCUT2D eigenvalue weighted by Gasteiger charge is -2.29. The van der Waals surface area contributed by atoms with Gasteiger partial charge in [0.05, 0.1) is 0 Å². The van der Waals surface area contributed by atoms with Gasteiger partial charge >= 0.3 is 0 Å². The molecule has 1 N–H and O–H groups in total. The fourth-order valence-corrected chi connectivity index (χ4v) is 3.42. The van der Waals surface area contributed by atoms with Gasteiger partial charge in [-0.15, -0.1) is 6.58 Å². The van der Waals surface area contributed by atoms with E-state index in [0.717, 1.165) is 13.0 Å². The normalized spacial score (nSPS) is 20.5. The Kier molecular flexibility index (Phi) is 3.80. The second-order valence-electron chi connectivity index (χ2n) is 5.77.